The molecule has 0 saturated carbocycles. The lowest BCUT2D eigenvalue weighted by atomic mass is 10.1. The third kappa shape index (κ3) is 5.88. The molecule has 1 rings (SSSR count). The van der Waals surface area contributed by atoms with Crippen LogP contribution in [0.4, 0.5) is 17.6 Å². The number of hydrogen-bond donors (Lipinski definition) is 1. The van der Waals surface area contributed by atoms with Crippen molar-refractivity contribution in [3.63, 3.8) is 0 Å². The molecule has 0 spiro atoms. The highest BCUT2D eigenvalue weighted by Crippen LogP contribution is 2.23. The van der Waals surface area contributed by atoms with Crippen molar-refractivity contribution in [1.82, 2.24) is 5.32 Å². The molecule has 0 aliphatic rings. The van der Waals surface area contributed by atoms with Crippen molar-refractivity contribution in [3.05, 3.63) is 35.4 Å². The van der Waals surface area contributed by atoms with Crippen LogP contribution in [0.3, 0.4) is 0 Å². The average Bonchev–Trinajstić information content (AvgIpc) is 2.40. The van der Waals surface area contributed by atoms with Crippen molar-refractivity contribution in [3.8, 4) is 0 Å². The minimum atomic E-state index is -4.09. The Labute approximate surface area is 116 Å². The molecule has 20 heavy (non-hydrogen) atoms. The largest absolute Gasteiger partial charge is 0.370 e. The van der Waals surface area contributed by atoms with E-state index < -0.39 is 19.0 Å². The second-order valence-electron chi connectivity index (χ2n) is 4.55. The molecule has 0 aliphatic carbocycles. The smallest absolute Gasteiger partial charge is 0.330 e. The monoisotopic (exact) mass is 293 g/mol. The molecule has 6 heteroatoms. The van der Waals surface area contributed by atoms with E-state index in [1.54, 1.807) is 12.1 Å². The maximum Gasteiger partial charge on any atom is 0.330 e. The van der Waals surface area contributed by atoms with Gasteiger partial charge in [0.05, 0.1) is 6.61 Å². The predicted molar refractivity (Wildman–Crippen MR) is 69.0 cm³/mol. The first-order valence-corrected chi connectivity index (χ1v) is 6.48. The van der Waals surface area contributed by atoms with Crippen LogP contribution in [0.25, 0.3) is 0 Å². The topological polar surface area (TPSA) is 21.3 Å². The van der Waals surface area contributed by atoms with Gasteiger partial charge in [0.2, 0.25) is 0 Å². The fourth-order valence-corrected chi connectivity index (χ4v) is 1.53. The number of nitrogens with one attached hydrogen (secondary N) is 1. The fourth-order valence-electron chi connectivity index (χ4n) is 1.53. The van der Waals surface area contributed by atoms with Crippen molar-refractivity contribution in [2.45, 2.75) is 38.8 Å². The molecule has 0 radical (unpaired) electrons. The third-order valence-electron chi connectivity index (χ3n) is 2.66. The summed E-state index contributed by atoms with van der Waals surface area (Å²) in [7, 11) is 0. The normalized spacial score (nSPS) is 12.1. The Morgan fingerprint density at radius 2 is 1.75 bits per heavy atom. The van der Waals surface area contributed by atoms with E-state index in [1.165, 1.54) is 0 Å². The summed E-state index contributed by atoms with van der Waals surface area (Å²) in [5, 5.41) is 3.23. The molecule has 114 valence electrons. The quantitative estimate of drug-likeness (QED) is 0.555. The van der Waals surface area contributed by atoms with E-state index in [1.807, 2.05) is 12.1 Å². The van der Waals surface area contributed by atoms with Gasteiger partial charge in [0.1, 0.15) is 6.61 Å². The molecule has 0 heterocycles. The second kappa shape index (κ2) is 8.21. The van der Waals surface area contributed by atoms with E-state index in [9.17, 15) is 17.6 Å². The molecule has 1 aromatic rings. The van der Waals surface area contributed by atoms with E-state index in [0.717, 1.165) is 25.1 Å². The van der Waals surface area contributed by atoms with Crippen LogP contribution >= 0.6 is 0 Å². The van der Waals surface area contributed by atoms with Crippen LogP contribution in [-0.4, -0.2) is 25.5 Å². The van der Waals surface area contributed by atoms with Gasteiger partial charge >= 0.3 is 12.3 Å². The van der Waals surface area contributed by atoms with Gasteiger partial charge in [-0.15, -0.1) is 0 Å². The van der Waals surface area contributed by atoms with Crippen LogP contribution in [0.15, 0.2) is 24.3 Å². The number of hydrogen-bond acceptors (Lipinski definition) is 2. The molecule has 0 saturated heterocycles. The molecule has 0 bridgehead atoms. The standard InChI is InChI=1S/C14H19F4NO/c1-2-7-19-8-11-3-5-12(6-4-11)9-20-10-14(17,18)13(15)16/h3-6,13,19H,2,7-10H2,1H3. The van der Waals surface area contributed by atoms with E-state index in [-0.39, 0.29) is 6.61 Å². The number of ether oxygens (including phenoxy) is 1. The van der Waals surface area contributed by atoms with Gasteiger partial charge in [0, 0.05) is 6.54 Å². The summed E-state index contributed by atoms with van der Waals surface area (Å²) in [6.07, 6.45) is -2.65. The van der Waals surface area contributed by atoms with Gasteiger partial charge in [-0.2, -0.15) is 8.78 Å². The molecule has 0 atom stereocenters. The Hall–Kier alpha value is -1.14. The van der Waals surface area contributed by atoms with Gasteiger partial charge in [0.15, 0.2) is 0 Å². The predicted octanol–water partition coefficient (Wildman–Crippen LogP) is 3.60. The van der Waals surface area contributed by atoms with E-state index >= 15 is 0 Å². The number of benzene rings is 1. The minimum Gasteiger partial charge on any atom is -0.370 e. The van der Waals surface area contributed by atoms with Crippen molar-refractivity contribution >= 4 is 0 Å². The Morgan fingerprint density at radius 1 is 1.15 bits per heavy atom. The Bertz CT molecular complexity index is 381. The van der Waals surface area contributed by atoms with Crippen LogP contribution in [0.2, 0.25) is 0 Å². The zero-order valence-electron chi connectivity index (χ0n) is 11.3. The Morgan fingerprint density at radius 3 is 2.30 bits per heavy atom. The van der Waals surface area contributed by atoms with Crippen molar-refractivity contribution in [2.75, 3.05) is 13.2 Å². The van der Waals surface area contributed by atoms with Crippen LogP contribution in [-0.2, 0) is 17.9 Å². The highest BCUT2D eigenvalue weighted by Gasteiger charge is 2.40. The van der Waals surface area contributed by atoms with Gasteiger partial charge in [-0.25, -0.2) is 8.78 Å². The lowest BCUT2D eigenvalue weighted by molar-refractivity contribution is -0.168. The molecule has 0 aromatic heterocycles. The average molecular weight is 293 g/mol. The van der Waals surface area contributed by atoms with Gasteiger partial charge in [-0.1, -0.05) is 31.2 Å². The number of alkyl halides is 4. The van der Waals surface area contributed by atoms with Gasteiger partial charge in [0.25, 0.3) is 0 Å². The van der Waals surface area contributed by atoms with E-state index in [0.29, 0.717) is 5.56 Å². The second-order valence-corrected chi connectivity index (χ2v) is 4.55. The lowest BCUT2D eigenvalue weighted by Gasteiger charge is -2.15. The first kappa shape index (κ1) is 16.9. The molecule has 0 fully saturated rings. The first-order chi connectivity index (χ1) is 9.45. The lowest BCUT2D eigenvalue weighted by Crippen LogP contribution is -2.32. The fraction of sp³-hybridized carbons (Fsp3) is 0.571. The zero-order valence-corrected chi connectivity index (χ0v) is 11.3. The van der Waals surface area contributed by atoms with Crippen LogP contribution in [0.1, 0.15) is 24.5 Å². The molecular weight excluding hydrogens is 274 g/mol. The van der Waals surface area contributed by atoms with Crippen LogP contribution in [0.5, 0.6) is 0 Å². The van der Waals surface area contributed by atoms with E-state index in [4.69, 9.17) is 0 Å². The van der Waals surface area contributed by atoms with E-state index in [2.05, 4.69) is 17.0 Å². The summed E-state index contributed by atoms with van der Waals surface area (Å²) >= 11 is 0. The molecule has 2 nitrogen and oxygen atoms in total. The number of halogens is 4. The van der Waals surface area contributed by atoms with Crippen molar-refractivity contribution < 1.29 is 22.3 Å². The maximum absolute atomic E-state index is 12.6. The summed E-state index contributed by atoms with van der Waals surface area (Å²) < 4.78 is 53.6. The van der Waals surface area contributed by atoms with Gasteiger partial charge in [-0.05, 0) is 24.1 Å². The molecule has 1 aromatic carbocycles. The highest BCUT2D eigenvalue weighted by molar-refractivity contribution is 5.21. The summed E-state index contributed by atoms with van der Waals surface area (Å²) in [4.78, 5) is 0. The molecule has 0 aliphatic heterocycles. The minimum absolute atomic E-state index is 0.106. The Kier molecular flexibility index (Phi) is 6.95. The first-order valence-electron chi connectivity index (χ1n) is 6.48. The van der Waals surface area contributed by atoms with Gasteiger partial charge in [-0.3, -0.25) is 0 Å². The highest BCUT2D eigenvalue weighted by atomic mass is 19.3. The summed E-state index contributed by atoms with van der Waals surface area (Å²) in [6.45, 7) is 2.35. The van der Waals surface area contributed by atoms with Gasteiger partial charge < -0.3 is 10.1 Å². The number of rotatable bonds is 9. The van der Waals surface area contributed by atoms with Crippen molar-refractivity contribution in [2.24, 2.45) is 0 Å². The molecule has 0 unspecified atom stereocenters. The SMILES string of the molecule is CCCNCc1ccc(COCC(F)(F)C(F)F)cc1. The van der Waals surface area contributed by atoms with Crippen molar-refractivity contribution in [1.29, 1.82) is 0 Å². The molecular formula is C14H19F4NO. The third-order valence-corrected chi connectivity index (χ3v) is 2.66. The van der Waals surface area contributed by atoms with Crippen LogP contribution in [0, 0.1) is 0 Å². The summed E-state index contributed by atoms with van der Waals surface area (Å²) in [6, 6.07) is 7.19. The molecule has 1 N–H and O–H groups in total. The Balaban J connectivity index is 2.35. The summed E-state index contributed by atoms with van der Waals surface area (Å²) in [5.41, 5.74) is 1.74. The van der Waals surface area contributed by atoms with Crippen LogP contribution < -0.4 is 5.32 Å². The maximum atomic E-state index is 12.6. The summed E-state index contributed by atoms with van der Waals surface area (Å²) in [5.74, 6) is -4.09. The molecule has 0 amide bonds. The zero-order chi connectivity index (χ0) is 15.0.